The molecule has 0 aromatic heterocycles. The average molecular weight is 425 g/mol. The van der Waals surface area contributed by atoms with Crippen molar-refractivity contribution in [2.75, 3.05) is 25.5 Å². The largest absolute Gasteiger partial charge is 0.497 e. The lowest BCUT2D eigenvalue weighted by Crippen LogP contribution is -2.43. The SMILES string of the molecule is COc1ccc(NC(=O)[C@H]2CCCN(S(=O)(=O)c3ccc4ccccc4c3)C2)cc1. The lowest BCUT2D eigenvalue weighted by molar-refractivity contribution is -0.120. The summed E-state index contributed by atoms with van der Waals surface area (Å²) < 4.78 is 33.0. The minimum absolute atomic E-state index is 0.168. The van der Waals surface area contributed by atoms with Gasteiger partial charge in [-0.1, -0.05) is 30.3 Å². The number of piperidine rings is 1. The van der Waals surface area contributed by atoms with Crippen molar-refractivity contribution >= 4 is 32.4 Å². The van der Waals surface area contributed by atoms with Gasteiger partial charge in [0.1, 0.15) is 5.75 Å². The van der Waals surface area contributed by atoms with E-state index in [0.29, 0.717) is 30.8 Å². The Balaban J connectivity index is 1.49. The number of amides is 1. The van der Waals surface area contributed by atoms with E-state index in [0.717, 1.165) is 10.8 Å². The summed E-state index contributed by atoms with van der Waals surface area (Å²) in [5, 5.41) is 4.75. The number of benzene rings is 3. The monoisotopic (exact) mass is 424 g/mol. The Hall–Kier alpha value is -2.90. The minimum Gasteiger partial charge on any atom is -0.497 e. The number of carbonyl (C=O) groups excluding carboxylic acids is 1. The van der Waals surface area contributed by atoms with Crippen LogP contribution < -0.4 is 10.1 Å². The first-order valence-corrected chi connectivity index (χ1v) is 11.4. The van der Waals surface area contributed by atoms with Gasteiger partial charge in [0, 0.05) is 18.8 Å². The summed E-state index contributed by atoms with van der Waals surface area (Å²) in [6.07, 6.45) is 1.30. The predicted octanol–water partition coefficient (Wildman–Crippen LogP) is 3.89. The third kappa shape index (κ3) is 4.17. The Morgan fingerprint density at radius 3 is 2.50 bits per heavy atom. The van der Waals surface area contributed by atoms with Crippen molar-refractivity contribution in [1.29, 1.82) is 0 Å². The molecule has 1 N–H and O–H groups in total. The highest BCUT2D eigenvalue weighted by Crippen LogP contribution is 2.27. The molecule has 1 aliphatic rings. The molecule has 0 bridgehead atoms. The first-order valence-electron chi connectivity index (χ1n) is 9.91. The fraction of sp³-hybridized carbons (Fsp3) is 0.261. The molecule has 1 heterocycles. The fourth-order valence-electron chi connectivity index (χ4n) is 3.77. The molecule has 1 fully saturated rings. The van der Waals surface area contributed by atoms with Crippen molar-refractivity contribution in [2.45, 2.75) is 17.7 Å². The van der Waals surface area contributed by atoms with Gasteiger partial charge >= 0.3 is 0 Å². The van der Waals surface area contributed by atoms with Crippen LogP contribution >= 0.6 is 0 Å². The molecule has 0 aliphatic carbocycles. The number of fused-ring (bicyclic) bond motifs is 1. The van der Waals surface area contributed by atoms with Crippen molar-refractivity contribution in [3.63, 3.8) is 0 Å². The minimum atomic E-state index is -3.66. The molecule has 30 heavy (non-hydrogen) atoms. The molecule has 156 valence electrons. The van der Waals surface area contributed by atoms with Crippen molar-refractivity contribution in [1.82, 2.24) is 4.31 Å². The van der Waals surface area contributed by atoms with Crippen LogP contribution in [0.3, 0.4) is 0 Å². The third-order valence-electron chi connectivity index (χ3n) is 5.47. The number of sulfonamides is 1. The molecular formula is C23H24N2O4S. The van der Waals surface area contributed by atoms with Gasteiger partial charge in [0.2, 0.25) is 15.9 Å². The average Bonchev–Trinajstić information content (AvgIpc) is 2.79. The summed E-state index contributed by atoms with van der Waals surface area (Å²) in [6.45, 7) is 0.596. The van der Waals surface area contributed by atoms with Gasteiger partial charge in [-0.15, -0.1) is 0 Å². The van der Waals surface area contributed by atoms with E-state index in [9.17, 15) is 13.2 Å². The van der Waals surface area contributed by atoms with Gasteiger partial charge in [0.25, 0.3) is 0 Å². The highest BCUT2D eigenvalue weighted by Gasteiger charge is 2.33. The second-order valence-corrected chi connectivity index (χ2v) is 9.37. The molecule has 4 rings (SSSR count). The highest BCUT2D eigenvalue weighted by atomic mass is 32.2. The first kappa shape index (κ1) is 20.4. The second kappa shape index (κ2) is 8.45. The smallest absolute Gasteiger partial charge is 0.243 e. The zero-order chi connectivity index (χ0) is 21.1. The van der Waals surface area contributed by atoms with Crippen molar-refractivity contribution < 1.29 is 17.9 Å². The van der Waals surface area contributed by atoms with Crippen LogP contribution in [0.5, 0.6) is 5.75 Å². The van der Waals surface area contributed by atoms with E-state index in [1.165, 1.54) is 4.31 Å². The molecule has 1 amide bonds. The van der Waals surface area contributed by atoms with Crippen LogP contribution in [0.25, 0.3) is 10.8 Å². The third-order valence-corrected chi connectivity index (χ3v) is 7.33. The van der Waals surface area contributed by atoms with Crippen LogP contribution in [0.2, 0.25) is 0 Å². The maximum Gasteiger partial charge on any atom is 0.243 e. The Morgan fingerprint density at radius 1 is 1.03 bits per heavy atom. The lowest BCUT2D eigenvalue weighted by Gasteiger charge is -2.31. The van der Waals surface area contributed by atoms with Gasteiger partial charge in [-0.05, 0) is 60.0 Å². The molecule has 0 saturated carbocycles. The van der Waals surface area contributed by atoms with Crippen LogP contribution in [0.15, 0.2) is 71.6 Å². The number of ether oxygens (including phenoxy) is 1. The number of methoxy groups -OCH3 is 1. The molecule has 3 aromatic rings. The van der Waals surface area contributed by atoms with E-state index in [4.69, 9.17) is 4.74 Å². The second-order valence-electron chi connectivity index (χ2n) is 7.43. The fourth-order valence-corrected chi connectivity index (χ4v) is 5.33. The van der Waals surface area contributed by atoms with Gasteiger partial charge in [-0.3, -0.25) is 4.79 Å². The van der Waals surface area contributed by atoms with Crippen LogP contribution in [-0.4, -0.2) is 38.8 Å². The lowest BCUT2D eigenvalue weighted by atomic mass is 9.99. The number of nitrogens with zero attached hydrogens (tertiary/aromatic N) is 1. The van der Waals surface area contributed by atoms with Crippen LogP contribution in [0, 0.1) is 5.92 Å². The summed E-state index contributed by atoms with van der Waals surface area (Å²) in [5.74, 6) is 0.146. The van der Waals surface area contributed by atoms with E-state index >= 15 is 0 Å². The van der Waals surface area contributed by atoms with E-state index in [1.807, 2.05) is 30.3 Å². The quantitative estimate of drug-likeness (QED) is 0.674. The molecule has 1 aliphatic heterocycles. The number of hydrogen-bond donors (Lipinski definition) is 1. The Labute approximate surface area is 176 Å². The molecule has 0 unspecified atom stereocenters. The highest BCUT2D eigenvalue weighted by molar-refractivity contribution is 7.89. The van der Waals surface area contributed by atoms with Gasteiger partial charge in [-0.25, -0.2) is 8.42 Å². The van der Waals surface area contributed by atoms with Crippen molar-refractivity contribution in [3.05, 3.63) is 66.7 Å². The van der Waals surface area contributed by atoms with E-state index < -0.39 is 15.9 Å². The summed E-state index contributed by atoms with van der Waals surface area (Å²) in [7, 11) is -2.08. The number of anilines is 1. The summed E-state index contributed by atoms with van der Waals surface area (Å²) in [5.41, 5.74) is 0.662. The number of rotatable bonds is 5. The van der Waals surface area contributed by atoms with Crippen LogP contribution in [-0.2, 0) is 14.8 Å². The first-order chi connectivity index (χ1) is 14.5. The Morgan fingerprint density at radius 2 is 1.77 bits per heavy atom. The maximum absolute atomic E-state index is 13.2. The molecule has 0 radical (unpaired) electrons. The van der Waals surface area contributed by atoms with Crippen molar-refractivity contribution in [3.8, 4) is 5.75 Å². The van der Waals surface area contributed by atoms with E-state index in [1.54, 1.807) is 43.5 Å². The zero-order valence-electron chi connectivity index (χ0n) is 16.7. The number of nitrogens with one attached hydrogen (secondary N) is 1. The molecule has 3 aromatic carbocycles. The number of hydrogen-bond acceptors (Lipinski definition) is 4. The summed E-state index contributed by atoms with van der Waals surface area (Å²) in [6, 6.07) is 19.9. The summed E-state index contributed by atoms with van der Waals surface area (Å²) >= 11 is 0. The van der Waals surface area contributed by atoms with Gasteiger partial charge in [0.15, 0.2) is 0 Å². The Kier molecular flexibility index (Phi) is 5.74. The van der Waals surface area contributed by atoms with E-state index in [-0.39, 0.29) is 17.3 Å². The maximum atomic E-state index is 13.2. The normalized spacial score (nSPS) is 17.6. The molecular weight excluding hydrogens is 400 g/mol. The predicted molar refractivity (Wildman–Crippen MR) is 117 cm³/mol. The molecule has 0 spiro atoms. The molecule has 7 heteroatoms. The molecule has 1 atom stereocenters. The van der Waals surface area contributed by atoms with Gasteiger partial charge in [-0.2, -0.15) is 4.31 Å². The van der Waals surface area contributed by atoms with Crippen molar-refractivity contribution in [2.24, 2.45) is 5.92 Å². The van der Waals surface area contributed by atoms with Crippen LogP contribution in [0.4, 0.5) is 5.69 Å². The molecule has 1 saturated heterocycles. The number of carbonyl (C=O) groups is 1. The van der Waals surface area contributed by atoms with Gasteiger partial charge in [0.05, 0.1) is 17.9 Å². The van der Waals surface area contributed by atoms with Gasteiger partial charge < -0.3 is 10.1 Å². The zero-order valence-corrected chi connectivity index (χ0v) is 17.6. The topological polar surface area (TPSA) is 75.7 Å². The standard InChI is InChI=1S/C23H24N2O4S/c1-29-21-11-9-20(10-12-21)24-23(26)19-7-4-14-25(16-19)30(27,28)22-13-8-17-5-2-3-6-18(17)15-22/h2-3,5-6,8-13,15,19H,4,7,14,16H2,1H3,(H,24,26)/t19-/m0/s1. The summed E-state index contributed by atoms with van der Waals surface area (Å²) in [4.78, 5) is 13.0. The molecule has 6 nitrogen and oxygen atoms in total. The Bertz CT molecular complexity index is 1160. The van der Waals surface area contributed by atoms with E-state index in [2.05, 4.69) is 5.32 Å². The van der Waals surface area contributed by atoms with Crippen LogP contribution in [0.1, 0.15) is 12.8 Å².